The van der Waals surface area contributed by atoms with Crippen LogP contribution in [0, 0.1) is 0 Å². The average molecular weight is 229 g/mol. The molecule has 1 aliphatic heterocycles. The molecule has 1 aromatic heterocycles. The van der Waals surface area contributed by atoms with E-state index in [4.69, 9.17) is 9.47 Å². The van der Waals surface area contributed by atoms with E-state index in [2.05, 4.69) is 0 Å². The lowest BCUT2D eigenvalue weighted by atomic mass is 10.2. The minimum absolute atomic E-state index is 0.318. The number of ether oxygens (including phenoxy) is 2. The number of rotatable bonds is 2. The number of esters is 1. The van der Waals surface area contributed by atoms with Crippen LogP contribution in [0.15, 0.2) is 30.5 Å². The minimum Gasteiger partial charge on any atom is -0.461 e. The van der Waals surface area contributed by atoms with E-state index >= 15 is 0 Å². The van der Waals surface area contributed by atoms with E-state index in [0.717, 1.165) is 16.7 Å². The predicted octanol–water partition coefficient (Wildman–Crippen LogP) is 2.64. The van der Waals surface area contributed by atoms with Crippen LogP contribution < -0.4 is 4.74 Å². The van der Waals surface area contributed by atoms with Crippen LogP contribution in [0.5, 0.6) is 5.75 Å². The van der Waals surface area contributed by atoms with Crippen molar-refractivity contribution in [1.82, 2.24) is 4.57 Å². The molecule has 0 spiro atoms. The summed E-state index contributed by atoms with van der Waals surface area (Å²) >= 11 is 0. The summed E-state index contributed by atoms with van der Waals surface area (Å²) in [6, 6.07) is 7.53. The second-order valence-electron chi connectivity index (χ2n) is 3.72. The first-order valence-electron chi connectivity index (χ1n) is 5.45. The summed E-state index contributed by atoms with van der Waals surface area (Å²) in [5.41, 5.74) is 1.42. The molecule has 0 bridgehead atoms. The van der Waals surface area contributed by atoms with Crippen LogP contribution in [0.1, 0.15) is 17.4 Å². The number of hydrogen-bond acceptors (Lipinski definition) is 3. The molecule has 0 aliphatic carbocycles. The number of para-hydroxylation sites is 1. The van der Waals surface area contributed by atoms with Crippen molar-refractivity contribution in [3.63, 3.8) is 0 Å². The Morgan fingerprint density at radius 1 is 1.47 bits per heavy atom. The molecular formula is C13H11NO3. The fourth-order valence-electron chi connectivity index (χ4n) is 2.03. The van der Waals surface area contributed by atoms with Gasteiger partial charge in [-0.1, -0.05) is 12.1 Å². The molecule has 4 nitrogen and oxygen atoms in total. The zero-order valence-electron chi connectivity index (χ0n) is 9.34. The smallest absolute Gasteiger partial charge is 0.355 e. The molecule has 0 fully saturated rings. The Bertz CT molecular complexity index is 625. The molecule has 0 N–H and O–H groups in total. The van der Waals surface area contributed by atoms with Crippen molar-refractivity contribution >= 4 is 23.1 Å². The van der Waals surface area contributed by atoms with Crippen molar-refractivity contribution in [3.8, 4) is 5.75 Å². The van der Waals surface area contributed by atoms with Crippen LogP contribution in [0.3, 0.4) is 0 Å². The van der Waals surface area contributed by atoms with E-state index in [-0.39, 0.29) is 5.97 Å². The summed E-state index contributed by atoms with van der Waals surface area (Å²) in [6.45, 7) is 2.16. The van der Waals surface area contributed by atoms with Gasteiger partial charge in [-0.05, 0) is 19.1 Å². The summed E-state index contributed by atoms with van der Waals surface area (Å²) < 4.78 is 12.2. The monoisotopic (exact) mass is 229 g/mol. The molecule has 3 rings (SSSR count). The Morgan fingerprint density at radius 3 is 3.18 bits per heavy atom. The maximum absolute atomic E-state index is 11.8. The highest BCUT2D eigenvalue weighted by atomic mass is 16.5. The molecule has 0 saturated carbocycles. The first-order chi connectivity index (χ1) is 8.31. The van der Waals surface area contributed by atoms with Crippen molar-refractivity contribution < 1.29 is 14.3 Å². The van der Waals surface area contributed by atoms with Crippen LogP contribution in [0.2, 0.25) is 0 Å². The molecule has 86 valence electrons. The Morgan fingerprint density at radius 2 is 2.35 bits per heavy atom. The van der Waals surface area contributed by atoms with Gasteiger partial charge in [-0.2, -0.15) is 0 Å². The number of carbonyl (C=O) groups excluding carboxylic acids is 1. The van der Waals surface area contributed by atoms with Crippen molar-refractivity contribution in [1.29, 1.82) is 0 Å². The summed E-state index contributed by atoms with van der Waals surface area (Å²) in [6.07, 6.45) is 3.28. The number of nitrogens with zero attached hydrogens (tertiary/aromatic N) is 1. The van der Waals surface area contributed by atoms with E-state index in [1.165, 1.54) is 0 Å². The maximum atomic E-state index is 11.8. The van der Waals surface area contributed by atoms with Crippen molar-refractivity contribution in [2.45, 2.75) is 6.92 Å². The molecule has 4 heteroatoms. The van der Waals surface area contributed by atoms with Crippen LogP contribution in [0.4, 0.5) is 0 Å². The lowest BCUT2D eigenvalue weighted by Gasteiger charge is -2.12. The minimum atomic E-state index is -0.318. The van der Waals surface area contributed by atoms with Gasteiger partial charge in [0.2, 0.25) is 0 Å². The van der Waals surface area contributed by atoms with Gasteiger partial charge in [0.05, 0.1) is 12.1 Å². The predicted molar refractivity (Wildman–Crippen MR) is 63.9 cm³/mol. The summed E-state index contributed by atoms with van der Waals surface area (Å²) in [5.74, 6) is 0.432. The number of carbonyl (C=O) groups is 1. The van der Waals surface area contributed by atoms with Gasteiger partial charge in [-0.25, -0.2) is 4.79 Å². The second-order valence-corrected chi connectivity index (χ2v) is 3.72. The Hall–Kier alpha value is -2.23. The topological polar surface area (TPSA) is 40.5 Å². The lowest BCUT2D eigenvalue weighted by molar-refractivity contribution is 0.0518. The number of aromatic nitrogens is 1. The molecule has 0 saturated heterocycles. The molecule has 0 unspecified atom stereocenters. The summed E-state index contributed by atoms with van der Waals surface area (Å²) in [5, 5.41) is 0.968. The highest BCUT2D eigenvalue weighted by Crippen LogP contribution is 2.32. The molecule has 2 heterocycles. The summed E-state index contributed by atoms with van der Waals surface area (Å²) in [4.78, 5) is 11.8. The van der Waals surface area contributed by atoms with E-state index < -0.39 is 0 Å². The lowest BCUT2D eigenvalue weighted by Crippen LogP contribution is -2.10. The van der Waals surface area contributed by atoms with E-state index in [9.17, 15) is 4.79 Å². The van der Waals surface area contributed by atoms with Gasteiger partial charge in [-0.3, -0.25) is 0 Å². The van der Waals surface area contributed by atoms with Gasteiger partial charge < -0.3 is 14.0 Å². The quantitative estimate of drug-likeness (QED) is 0.743. The third-order valence-corrected chi connectivity index (χ3v) is 2.71. The Labute approximate surface area is 98.1 Å². The molecule has 1 aromatic carbocycles. The third kappa shape index (κ3) is 1.41. The largest absolute Gasteiger partial charge is 0.461 e. The zero-order valence-corrected chi connectivity index (χ0v) is 9.34. The average Bonchev–Trinajstić information content (AvgIpc) is 2.72. The molecule has 0 radical (unpaired) electrons. The zero-order chi connectivity index (χ0) is 11.8. The third-order valence-electron chi connectivity index (χ3n) is 2.71. The van der Waals surface area contributed by atoms with Crippen LogP contribution in [-0.4, -0.2) is 17.1 Å². The number of hydrogen-bond donors (Lipinski definition) is 0. The molecule has 1 aliphatic rings. The summed E-state index contributed by atoms with van der Waals surface area (Å²) in [7, 11) is 0. The normalized spacial score (nSPS) is 12.5. The SMILES string of the molecule is CCOC(=O)c1cc2cccc3c2n1C=CO3. The van der Waals surface area contributed by atoms with Gasteiger partial charge in [0.1, 0.15) is 12.0 Å². The van der Waals surface area contributed by atoms with Crippen molar-refractivity contribution in [3.05, 3.63) is 36.2 Å². The fourth-order valence-corrected chi connectivity index (χ4v) is 2.03. The molecule has 2 aromatic rings. The first-order valence-corrected chi connectivity index (χ1v) is 5.45. The Kier molecular flexibility index (Phi) is 2.14. The van der Waals surface area contributed by atoms with Gasteiger partial charge in [0.25, 0.3) is 0 Å². The van der Waals surface area contributed by atoms with Crippen molar-refractivity contribution in [2.75, 3.05) is 6.61 Å². The van der Waals surface area contributed by atoms with Crippen molar-refractivity contribution in [2.24, 2.45) is 0 Å². The molecular weight excluding hydrogens is 218 g/mol. The first kappa shape index (κ1) is 9.96. The van der Waals surface area contributed by atoms with Gasteiger partial charge in [-0.15, -0.1) is 0 Å². The van der Waals surface area contributed by atoms with Crippen LogP contribution in [0.25, 0.3) is 17.1 Å². The number of benzene rings is 1. The second kappa shape index (κ2) is 3.66. The standard InChI is InChI=1S/C13H11NO3/c1-2-16-13(15)10-8-9-4-3-5-11-12(9)14(10)6-7-17-11/h3-8H,2H2,1H3. The highest BCUT2D eigenvalue weighted by molar-refractivity contribution is 5.99. The van der Waals surface area contributed by atoms with E-state index in [1.54, 1.807) is 24.0 Å². The van der Waals surface area contributed by atoms with Gasteiger partial charge in [0, 0.05) is 11.6 Å². The van der Waals surface area contributed by atoms with E-state index in [0.29, 0.717) is 12.3 Å². The highest BCUT2D eigenvalue weighted by Gasteiger charge is 2.19. The fraction of sp³-hybridized carbons (Fsp3) is 0.154. The molecule has 17 heavy (non-hydrogen) atoms. The molecule has 0 atom stereocenters. The molecule has 0 amide bonds. The Balaban J connectivity index is 2.25. The maximum Gasteiger partial charge on any atom is 0.355 e. The van der Waals surface area contributed by atoms with Crippen LogP contribution >= 0.6 is 0 Å². The van der Waals surface area contributed by atoms with Crippen LogP contribution in [-0.2, 0) is 4.74 Å². The van der Waals surface area contributed by atoms with E-state index in [1.807, 2.05) is 24.3 Å². The van der Waals surface area contributed by atoms with Gasteiger partial charge >= 0.3 is 5.97 Å². The van der Waals surface area contributed by atoms with Gasteiger partial charge in [0.15, 0.2) is 5.75 Å².